The molecule has 2 rings (SSSR count). The summed E-state index contributed by atoms with van der Waals surface area (Å²) in [7, 11) is 0. The standard InChI is InChI=1S/C15H26BrNO/c1-12-6-8-13(9-7-12)15(18)17-10-4-2-3-5-14(17)11-16/h12-14H,2-11H2,1H3. The van der Waals surface area contributed by atoms with Crippen LogP contribution >= 0.6 is 15.9 Å². The summed E-state index contributed by atoms with van der Waals surface area (Å²) in [6.07, 6.45) is 9.65. The molecule has 1 atom stereocenters. The van der Waals surface area contributed by atoms with Crippen molar-refractivity contribution in [2.75, 3.05) is 11.9 Å². The molecule has 0 aromatic carbocycles. The Hall–Kier alpha value is -0.0500. The average Bonchev–Trinajstić information content (AvgIpc) is 2.63. The van der Waals surface area contributed by atoms with E-state index in [1.165, 1.54) is 38.5 Å². The highest BCUT2D eigenvalue weighted by Crippen LogP contribution is 2.31. The lowest BCUT2D eigenvalue weighted by atomic mass is 9.82. The molecule has 0 spiro atoms. The summed E-state index contributed by atoms with van der Waals surface area (Å²) < 4.78 is 0. The van der Waals surface area contributed by atoms with E-state index in [1.807, 2.05) is 0 Å². The van der Waals surface area contributed by atoms with Crippen molar-refractivity contribution in [3.8, 4) is 0 Å². The normalized spacial score (nSPS) is 34.1. The average molecular weight is 316 g/mol. The second-order valence-electron chi connectivity index (χ2n) is 6.15. The number of carbonyl (C=O) groups excluding carboxylic acids is 1. The molecule has 1 aliphatic carbocycles. The third-order valence-electron chi connectivity index (χ3n) is 4.70. The summed E-state index contributed by atoms with van der Waals surface area (Å²) in [5, 5.41) is 0.946. The van der Waals surface area contributed by atoms with Gasteiger partial charge in [0.25, 0.3) is 0 Å². The second kappa shape index (κ2) is 6.93. The lowest BCUT2D eigenvalue weighted by Gasteiger charge is -2.34. The van der Waals surface area contributed by atoms with Gasteiger partial charge < -0.3 is 4.90 Å². The Balaban J connectivity index is 1.96. The van der Waals surface area contributed by atoms with Gasteiger partial charge in [-0.1, -0.05) is 35.7 Å². The van der Waals surface area contributed by atoms with Crippen LogP contribution in [0.2, 0.25) is 0 Å². The first kappa shape index (κ1) is 14.4. The van der Waals surface area contributed by atoms with Crippen LogP contribution in [0.25, 0.3) is 0 Å². The van der Waals surface area contributed by atoms with Crippen molar-refractivity contribution in [2.24, 2.45) is 11.8 Å². The van der Waals surface area contributed by atoms with Crippen molar-refractivity contribution in [1.29, 1.82) is 0 Å². The third-order valence-corrected chi connectivity index (χ3v) is 5.45. The number of likely N-dealkylation sites (tertiary alicyclic amines) is 1. The molecule has 1 saturated heterocycles. The monoisotopic (exact) mass is 315 g/mol. The van der Waals surface area contributed by atoms with E-state index in [2.05, 4.69) is 27.8 Å². The summed E-state index contributed by atoms with van der Waals surface area (Å²) in [6.45, 7) is 3.30. The van der Waals surface area contributed by atoms with Gasteiger partial charge in [-0.05, 0) is 44.4 Å². The Kier molecular flexibility index (Phi) is 5.53. The van der Waals surface area contributed by atoms with Gasteiger partial charge in [0.1, 0.15) is 0 Å². The van der Waals surface area contributed by atoms with Crippen molar-refractivity contribution in [1.82, 2.24) is 4.90 Å². The van der Waals surface area contributed by atoms with Crippen molar-refractivity contribution >= 4 is 21.8 Å². The Labute approximate surface area is 120 Å². The van der Waals surface area contributed by atoms with Crippen LogP contribution in [0, 0.1) is 11.8 Å². The molecule has 18 heavy (non-hydrogen) atoms. The maximum Gasteiger partial charge on any atom is 0.225 e. The predicted octanol–water partition coefficient (Wildman–Crippen LogP) is 3.98. The first-order valence-corrected chi connectivity index (χ1v) is 8.71. The van der Waals surface area contributed by atoms with Gasteiger partial charge >= 0.3 is 0 Å². The number of amides is 1. The van der Waals surface area contributed by atoms with E-state index >= 15 is 0 Å². The Morgan fingerprint density at radius 2 is 1.83 bits per heavy atom. The summed E-state index contributed by atoms with van der Waals surface area (Å²) in [6, 6.07) is 0.444. The van der Waals surface area contributed by atoms with Gasteiger partial charge in [-0.25, -0.2) is 0 Å². The van der Waals surface area contributed by atoms with Crippen molar-refractivity contribution in [2.45, 2.75) is 64.3 Å². The van der Waals surface area contributed by atoms with Crippen LogP contribution in [0.5, 0.6) is 0 Å². The van der Waals surface area contributed by atoms with E-state index in [-0.39, 0.29) is 0 Å². The quantitative estimate of drug-likeness (QED) is 0.706. The lowest BCUT2D eigenvalue weighted by molar-refractivity contribution is -0.138. The zero-order valence-electron chi connectivity index (χ0n) is 11.5. The molecule has 0 radical (unpaired) electrons. The molecule has 1 amide bonds. The Morgan fingerprint density at radius 3 is 2.50 bits per heavy atom. The van der Waals surface area contributed by atoms with E-state index < -0.39 is 0 Å². The molecule has 2 nitrogen and oxygen atoms in total. The van der Waals surface area contributed by atoms with Crippen LogP contribution in [-0.2, 0) is 4.79 Å². The van der Waals surface area contributed by atoms with E-state index in [0.717, 1.165) is 30.6 Å². The zero-order valence-corrected chi connectivity index (χ0v) is 13.1. The molecule has 0 aromatic rings. The van der Waals surface area contributed by atoms with Crippen molar-refractivity contribution in [3.63, 3.8) is 0 Å². The van der Waals surface area contributed by atoms with E-state index in [0.29, 0.717) is 17.9 Å². The summed E-state index contributed by atoms with van der Waals surface area (Å²) in [5.41, 5.74) is 0. The molecule has 1 saturated carbocycles. The van der Waals surface area contributed by atoms with Crippen LogP contribution < -0.4 is 0 Å². The van der Waals surface area contributed by atoms with Gasteiger partial charge in [0, 0.05) is 23.8 Å². The molecular weight excluding hydrogens is 290 g/mol. The van der Waals surface area contributed by atoms with Crippen LogP contribution in [0.1, 0.15) is 58.3 Å². The number of hydrogen-bond donors (Lipinski definition) is 0. The fourth-order valence-electron chi connectivity index (χ4n) is 3.37. The van der Waals surface area contributed by atoms with Crippen molar-refractivity contribution in [3.05, 3.63) is 0 Å². The topological polar surface area (TPSA) is 20.3 Å². The fourth-order valence-corrected chi connectivity index (χ4v) is 4.04. The van der Waals surface area contributed by atoms with Gasteiger partial charge in [0.15, 0.2) is 0 Å². The van der Waals surface area contributed by atoms with Crippen LogP contribution in [0.3, 0.4) is 0 Å². The molecule has 0 N–H and O–H groups in total. The largest absolute Gasteiger partial charge is 0.339 e. The number of rotatable bonds is 2. The summed E-state index contributed by atoms with van der Waals surface area (Å²) >= 11 is 3.59. The molecule has 1 heterocycles. The smallest absolute Gasteiger partial charge is 0.225 e. The maximum absolute atomic E-state index is 12.7. The maximum atomic E-state index is 12.7. The number of carbonyl (C=O) groups is 1. The molecule has 1 unspecified atom stereocenters. The summed E-state index contributed by atoms with van der Waals surface area (Å²) in [4.78, 5) is 14.9. The minimum atomic E-state index is 0.320. The first-order chi connectivity index (χ1) is 8.72. The van der Waals surface area contributed by atoms with Gasteiger partial charge in [0.2, 0.25) is 5.91 Å². The number of halogens is 1. The molecule has 2 aliphatic rings. The van der Waals surface area contributed by atoms with E-state index in [9.17, 15) is 4.79 Å². The van der Waals surface area contributed by atoms with Crippen LogP contribution in [0.4, 0.5) is 0 Å². The minimum absolute atomic E-state index is 0.320. The van der Waals surface area contributed by atoms with Crippen molar-refractivity contribution < 1.29 is 4.79 Å². The fraction of sp³-hybridized carbons (Fsp3) is 0.933. The highest BCUT2D eigenvalue weighted by Gasteiger charge is 2.31. The van der Waals surface area contributed by atoms with Gasteiger partial charge in [-0.3, -0.25) is 4.79 Å². The molecular formula is C15H26BrNO. The van der Waals surface area contributed by atoms with Gasteiger partial charge in [0.05, 0.1) is 0 Å². The van der Waals surface area contributed by atoms with Gasteiger partial charge in [-0.2, -0.15) is 0 Å². The number of alkyl halides is 1. The molecule has 2 fully saturated rings. The first-order valence-electron chi connectivity index (χ1n) is 7.58. The second-order valence-corrected chi connectivity index (χ2v) is 6.79. The summed E-state index contributed by atoms with van der Waals surface area (Å²) in [5.74, 6) is 1.60. The Morgan fingerprint density at radius 1 is 1.11 bits per heavy atom. The molecule has 1 aliphatic heterocycles. The SMILES string of the molecule is CC1CCC(C(=O)N2CCCCCC2CBr)CC1. The van der Waals surface area contributed by atoms with Gasteiger partial charge in [-0.15, -0.1) is 0 Å². The Bertz CT molecular complexity index is 274. The number of hydrogen-bond acceptors (Lipinski definition) is 1. The highest BCUT2D eigenvalue weighted by molar-refractivity contribution is 9.09. The third kappa shape index (κ3) is 3.49. The highest BCUT2D eigenvalue weighted by atomic mass is 79.9. The molecule has 0 aromatic heterocycles. The molecule has 104 valence electrons. The molecule has 0 bridgehead atoms. The van der Waals surface area contributed by atoms with Crippen LogP contribution in [-0.4, -0.2) is 28.7 Å². The minimum Gasteiger partial charge on any atom is -0.339 e. The lowest BCUT2D eigenvalue weighted by Crippen LogP contribution is -2.44. The predicted molar refractivity (Wildman–Crippen MR) is 78.9 cm³/mol. The van der Waals surface area contributed by atoms with Crippen LogP contribution in [0.15, 0.2) is 0 Å². The molecule has 3 heteroatoms. The number of nitrogens with zero attached hydrogens (tertiary/aromatic N) is 1. The van der Waals surface area contributed by atoms with E-state index in [4.69, 9.17) is 0 Å². The van der Waals surface area contributed by atoms with E-state index in [1.54, 1.807) is 0 Å². The zero-order chi connectivity index (χ0) is 13.0.